The fourth-order valence-corrected chi connectivity index (χ4v) is 1.82. The van der Waals surface area contributed by atoms with Crippen molar-refractivity contribution in [2.75, 3.05) is 6.54 Å². The molecule has 0 bridgehead atoms. The van der Waals surface area contributed by atoms with Gasteiger partial charge in [-0.2, -0.15) is 0 Å². The van der Waals surface area contributed by atoms with Crippen molar-refractivity contribution in [1.29, 1.82) is 0 Å². The van der Waals surface area contributed by atoms with Crippen molar-refractivity contribution in [2.45, 2.75) is 12.6 Å². The molecule has 0 saturated carbocycles. The Kier molecular flexibility index (Phi) is 4.25. The first-order valence-corrected chi connectivity index (χ1v) is 5.95. The van der Waals surface area contributed by atoms with Crippen molar-refractivity contribution < 1.29 is 14.6 Å². The van der Waals surface area contributed by atoms with Gasteiger partial charge in [-0.1, -0.05) is 23.7 Å². The van der Waals surface area contributed by atoms with Gasteiger partial charge in [-0.15, -0.1) is 0 Å². The lowest BCUT2D eigenvalue weighted by Gasteiger charge is -2.10. The maximum absolute atomic E-state index is 9.77. The quantitative estimate of drug-likeness (QED) is 0.779. The second kappa shape index (κ2) is 5.91. The van der Waals surface area contributed by atoms with E-state index in [0.717, 1.165) is 0 Å². The molecule has 0 spiro atoms. The molecule has 0 aliphatic carbocycles. The summed E-state index contributed by atoms with van der Waals surface area (Å²) in [5.74, 6) is 0.581. The highest BCUT2D eigenvalue weighted by Gasteiger charge is 2.10. The number of hydrogen-bond acceptors (Lipinski definition) is 4. The van der Waals surface area contributed by atoms with Crippen LogP contribution in [0.3, 0.4) is 0 Å². The molecule has 0 saturated heterocycles. The molecule has 2 rings (SSSR count). The molecule has 5 heteroatoms. The normalized spacial score (nSPS) is 12.6. The molecule has 0 amide bonds. The summed E-state index contributed by atoms with van der Waals surface area (Å²) < 4.78 is 5.08. The zero-order chi connectivity index (χ0) is 13.0. The zero-order valence-corrected chi connectivity index (χ0v) is 10.4. The highest BCUT2D eigenvalue weighted by Crippen LogP contribution is 2.26. The number of aromatic hydroxyl groups is 1. The Morgan fingerprint density at radius 1 is 1.28 bits per heavy atom. The highest BCUT2D eigenvalue weighted by atomic mass is 35.5. The topological polar surface area (TPSA) is 65.6 Å². The fraction of sp³-hybridized carbons (Fsp3) is 0.231. The number of rotatable bonds is 5. The van der Waals surface area contributed by atoms with Crippen molar-refractivity contribution in [3.8, 4) is 5.75 Å². The average molecular weight is 268 g/mol. The van der Waals surface area contributed by atoms with E-state index in [1.165, 1.54) is 6.26 Å². The van der Waals surface area contributed by atoms with Gasteiger partial charge in [0, 0.05) is 18.7 Å². The van der Waals surface area contributed by atoms with Crippen LogP contribution in [0, 0.1) is 0 Å². The number of aliphatic hydroxyl groups is 1. The van der Waals surface area contributed by atoms with Gasteiger partial charge in [0.2, 0.25) is 0 Å². The molecule has 1 unspecified atom stereocenters. The van der Waals surface area contributed by atoms with E-state index in [4.69, 9.17) is 16.0 Å². The van der Waals surface area contributed by atoms with Gasteiger partial charge in [-0.05, 0) is 18.2 Å². The summed E-state index contributed by atoms with van der Waals surface area (Å²) in [5.41, 5.74) is 0.689. The van der Waals surface area contributed by atoms with Crippen LogP contribution in [0.15, 0.2) is 41.0 Å². The van der Waals surface area contributed by atoms with E-state index in [1.807, 2.05) is 0 Å². The van der Waals surface area contributed by atoms with Crippen LogP contribution in [-0.4, -0.2) is 16.8 Å². The zero-order valence-electron chi connectivity index (χ0n) is 9.64. The Morgan fingerprint density at radius 2 is 2.11 bits per heavy atom. The van der Waals surface area contributed by atoms with Gasteiger partial charge >= 0.3 is 0 Å². The standard InChI is InChI=1S/C13H14ClNO3/c14-10-4-1-3-9(13(10)17)7-15-8-11(16)12-5-2-6-18-12/h1-6,11,15-17H,7-8H2. The van der Waals surface area contributed by atoms with Gasteiger partial charge < -0.3 is 19.9 Å². The Balaban J connectivity index is 1.87. The highest BCUT2D eigenvalue weighted by molar-refractivity contribution is 6.32. The van der Waals surface area contributed by atoms with E-state index in [0.29, 0.717) is 29.4 Å². The van der Waals surface area contributed by atoms with E-state index >= 15 is 0 Å². The number of phenolic OH excluding ortho intramolecular Hbond substituents is 1. The number of para-hydroxylation sites is 1. The third-order valence-electron chi connectivity index (χ3n) is 2.60. The van der Waals surface area contributed by atoms with Crippen molar-refractivity contribution in [1.82, 2.24) is 5.32 Å². The van der Waals surface area contributed by atoms with Crippen LogP contribution in [0.25, 0.3) is 0 Å². The summed E-state index contributed by atoms with van der Waals surface area (Å²) in [6, 6.07) is 8.60. The molecule has 18 heavy (non-hydrogen) atoms. The number of hydrogen-bond donors (Lipinski definition) is 3. The predicted molar refractivity (Wildman–Crippen MR) is 68.5 cm³/mol. The molecule has 0 fully saturated rings. The molecule has 4 nitrogen and oxygen atoms in total. The van der Waals surface area contributed by atoms with E-state index in [2.05, 4.69) is 5.32 Å². The van der Waals surface area contributed by atoms with Gasteiger partial charge in [0.05, 0.1) is 11.3 Å². The number of phenols is 1. The first-order valence-electron chi connectivity index (χ1n) is 5.57. The Bertz CT molecular complexity index is 499. The van der Waals surface area contributed by atoms with Crippen LogP contribution >= 0.6 is 11.6 Å². The molecule has 3 N–H and O–H groups in total. The minimum absolute atomic E-state index is 0.0687. The minimum atomic E-state index is -0.707. The Labute approximate surface area is 110 Å². The average Bonchev–Trinajstić information content (AvgIpc) is 2.88. The monoisotopic (exact) mass is 267 g/mol. The first kappa shape index (κ1) is 13.0. The van der Waals surface area contributed by atoms with Gasteiger partial charge in [0.1, 0.15) is 17.6 Å². The van der Waals surface area contributed by atoms with E-state index in [9.17, 15) is 10.2 Å². The number of halogens is 1. The fourth-order valence-electron chi connectivity index (χ4n) is 1.63. The Hall–Kier alpha value is -1.49. The summed E-state index contributed by atoms with van der Waals surface area (Å²) in [6.07, 6.45) is 0.808. The Morgan fingerprint density at radius 3 is 2.83 bits per heavy atom. The maximum atomic E-state index is 9.77. The van der Waals surface area contributed by atoms with Gasteiger partial charge in [0.15, 0.2) is 0 Å². The molecular weight excluding hydrogens is 254 g/mol. The summed E-state index contributed by atoms with van der Waals surface area (Å²) >= 11 is 5.79. The smallest absolute Gasteiger partial charge is 0.138 e. The molecule has 1 aromatic carbocycles. The third kappa shape index (κ3) is 3.04. The van der Waals surface area contributed by atoms with Crippen LogP contribution in [0.5, 0.6) is 5.75 Å². The minimum Gasteiger partial charge on any atom is -0.506 e. The van der Waals surface area contributed by atoms with Gasteiger partial charge in [-0.3, -0.25) is 0 Å². The summed E-state index contributed by atoms with van der Waals surface area (Å²) in [7, 11) is 0. The van der Waals surface area contributed by atoms with Crippen molar-refractivity contribution in [3.05, 3.63) is 52.9 Å². The van der Waals surface area contributed by atoms with Crippen molar-refractivity contribution in [3.63, 3.8) is 0 Å². The number of aliphatic hydroxyl groups excluding tert-OH is 1. The molecule has 1 heterocycles. The largest absolute Gasteiger partial charge is 0.506 e. The lowest BCUT2D eigenvalue weighted by molar-refractivity contribution is 0.147. The molecule has 0 aliphatic rings. The third-order valence-corrected chi connectivity index (χ3v) is 2.90. The summed E-state index contributed by atoms with van der Waals surface area (Å²) in [5, 5.41) is 22.8. The number of benzene rings is 1. The number of furan rings is 1. The van der Waals surface area contributed by atoms with Crippen molar-refractivity contribution in [2.24, 2.45) is 0 Å². The molecule has 96 valence electrons. The second-order valence-electron chi connectivity index (χ2n) is 3.91. The lowest BCUT2D eigenvalue weighted by atomic mass is 10.2. The summed E-state index contributed by atoms with van der Waals surface area (Å²) in [6.45, 7) is 0.754. The van der Waals surface area contributed by atoms with E-state index in [-0.39, 0.29) is 5.75 Å². The van der Waals surface area contributed by atoms with Crippen LogP contribution < -0.4 is 5.32 Å². The second-order valence-corrected chi connectivity index (χ2v) is 4.32. The maximum Gasteiger partial charge on any atom is 0.138 e. The van der Waals surface area contributed by atoms with Crippen LogP contribution in [-0.2, 0) is 6.54 Å². The predicted octanol–water partition coefficient (Wildman–Crippen LogP) is 2.46. The molecule has 0 aliphatic heterocycles. The van der Waals surface area contributed by atoms with Crippen LogP contribution in [0.1, 0.15) is 17.4 Å². The molecule has 2 aromatic rings. The van der Waals surface area contributed by atoms with Crippen LogP contribution in [0.2, 0.25) is 5.02 Å². The molecule has 0 radical (unpaired) electrons. The van der Waals surface area contributed by atoms with E-state index < -0.39 is 6.10 Å². The van der Waals surface area contributed by atoms with Gasteiger partial charge in [0.25, 0.3) is 0 Å². The lowest BCUT2D eigenvalue weighted by Crippen LogP contribution is -2.20. The molecule has 1 aromatic heterocycles. The molecule has 1 atom stereocenters. The van der Waals surface area contributed by atoms with E-state index in [1.54, 1.807) is 30.3 Å². The van der Waals surface area contributed by atoms with Crippen molar-refractivity contribution >= 4 is 11.6 Å². The summed E-state index contributed by atoms with van der Waals surface area (Å²) in [4.78, 5) is 0. The van der Waals surface area contributed by atoms with Crippen LogP contribution in [0.4, 0.5) is 0 Å². The number of nitrogens with one attached hydrogen (secondary N) is 1. The molecular formula is C13H14ClNO3. The van der Waals surface area contributed by atoms with Gasteiger partial charge in [-0.25, -0.2) is 0 Å². The first-order chi connectivity index (χ1) is 8.68. The SMILES string of the molecule is Oc1c(Cl)cccc1CNCC(O)c1ccco1.